The number of carbonyl (C=O) groups is 1. The number of urea groups is 1. The fraction of sp³-hybridized carbons (Fsp3) is 0.571. The molecule has 0 rings (SSSR count). The van der Waals surface area contributed by atoms with Crippen LogP contribution in [0.25, 0.3) is 0 Å². The lowest BCUT2D eigenvalue weighted by Crippen LogP contribution is -2.44. The van der Waals surface area contributed by atoms with Crippen LogP contribution in [0.4, 0.5) is 4.79 Å². The Bertz CT molecular complexity index is 170. The van der Waals surface area contributed by atoms with Gasteiger partial charge in [0.25, 0.3) is 0 Å². The minimum absolute atomic E-state index is 0.159. The third-order valence-corrected chi connectivity index (χ3v) is 1.40. The van der Waals surface area contributed by atoms with Crippen molar-refractivity contribution >= 4 is 6.03 Å². The molecule has 0 aliphatic rings. The summed E-state index contributed by atoms with van der Waals surface area (Å²) in [6.45, 7) is 1.88. The summed E-state index contributed by atoms with van der Waals surface area (Å²) < 4.78 is 0. The highest BCUT2D eigenvalue weighted by molar-refractivity contribution is 5.74. The lowest BCUT2D eigenvalue weighted by molar-refractivity contribution is 0.0286. The molecule has 0 heterocycles. The predicted molar refractivity (Wildman–Crippen MR) is 45.4 cm³/mol. The van der Waals surface area contributed by atoms with E-state index in [1.165, 1.54) is 6.08 Å². The molecule has 3 N–H and O–H groups in total. The fourth-order valence-corrected chi connectivity index (χ4v) is 0.718. The van der Waals surface area contributed by atoms with Crippen LogP contribution < -0.4 is 0 Å². The minimum atomic E-state index is -0.646. The van der Waals surface area contributed by atoms with E-state index in [9.17, 15) is 4.79 Å². The van der Waals surface area contributed by atoms with E-state index in [2.05, 4.69) is 6.58 Å². The smallest absolute Gasteiger partial charge is 0.325 e. The molecule has 0 aliphatic carbocycles. The number of hydrogen-bond acceptors (Lipinski definition) is 4. The van der Waals surface area contributed by atoms with Gasteiger partial charge in [0.15, 0.2) is 0 Å². The molecule has 0 aromatic carbocycles. The van der Waals surface area contributed by atoms with E-state index in [0.717, 1.165) is 9.80 Å². The van der Waals surface area contributed by atoms with Gasteiger partial charge in [-0.1, -0.05) is 6.08 Å². The Balaban J connectivity index is 4.24. The maximum absolute atomic E-state index is 11.3. The number of amides is 2. The first-order valence-electron chi connectivity index (χ1n) is 3.68. The van der Waals surface area contributed by atoms with Crippen LogP contribution in [0, 0.1) is 0 Å². The van der Waals surface area contributed by atoms with Gasteiger partial charge in [0.05, 0.1) is 0 Å². The van der Waals surface area contributed by atoms with Gasteiger partial charge in [0.2, 0.25) is 0 Å². The van der Waals surface area contributed by atoms with E-state index in [1.54, 1.807) is 0 Å². The van der Waals surface area contributed by atoms with Gasteiger partial charge >= 0.3 is 6.03 Å². The summed E-state index contributed by atoms with van der Waals surface area (Å²) in [7, 11) is 0. The Kier molecular flexibility index (Phi) is 5.86. The third kappa shape index (κ3) is 3.41. The van der Waals surface area contributed by atoms with Crippen molar-refractivity contribution in [2.75, 3.05) is 26.7 Å². The van der Waals surface area contributed by atoms with Gasteiger partial charge in [-0.15, -0.1) is 6.58 Å². The molecule has 6 heteroatoms. The third-order valence-electron chi connectivity index (χ3n) is 1.40. The molecule has 0 bridgehead atoms. The first-order chi connectivity index (χ1) is 6.21. The quantitative estimate of drug-likeness (QED) is 0.373. The Morgan fingerprint density at radius 2 is 1.62 bits per heavy atom. The number of rotatable bonds is 5. The normalized spacial score (nSPS) is 9.46. The first-order valence-corrected chi connectivity index (χ1v) is 3.68. The zero-order chi connectivity index (χ0) is 10.3. The predicted octanol–water partition coefficient (Wildman–Crippen LogP) is -1.25. The van der Waals surface area contributed by atoms with Gasteiger partial charge in [0, 0.05) is 6.54 Å². The SMILES string of the molecule is C=CCN(CO)C(=O)N(CO)CO. The van der Waals surface area contributed by atoms with Gasteiger partial charge in [-0.05, 0) is 0 Å². The number of nitrogens with zero attached hydrogens (tertiary/aromatic N) is 2. The molecule has 0 aromatic heterocycles. The van der Waals surface area contributed by atoms with Gasteiger partial charge < -0.3 is 15.3 Å². The minimum Gasteiger partial charge on any atom is -0.376 e. The van der Waals surface area contributed by atoms with Crippen LogP contribution in [-0.2, 0) is 0 Å². The maximum atomic E-state index is 11.3. The molecule has 0 unspecified atom stereocenters. The van der Waals surface area contributed by atoms with E-state index < -0.39 is 26.2 Å². The van der Waals surface area contributed by atoms with E-state index in [-0.39, 0.29) is 6.54 Å². The van der Waals surface area contributed by atoms with Crippen molar-refractivity contribution in [3.63, 3.8) is 0 Å². The number of aliphatic hydroxyl groups is 3. The van der Waals surface area contributed by atoms with E-state index in [4.69, 9.17) is 15.3 Å². The number of aliphatic hydroxyl groups excluding tert-OH is 3. The molecular weight excluding hydrogens is 176 g/mol. The second-order valence-electron chi connectivity index (χ2n) is 2.26. The van der Waals surface area contributed by atoms with Crippen LogP contribution in [0.2, 0.25) is 0 Å². The largest absolute Gasteiger partial charge is 0.376 e. The lowest BCUT2D eigenvalue weighted by atomic mass is 10.5. The Labute approximate surface area is 76.3 Å². The maximum Gasteiger partial charge on any atom is 0.325 e. The summed E-state index contributed by atoms with van der Waals surface area (Å²) in [5, 5.41) is 26.0. The Hall–Kier alpha value is -1.11. The number of carbonyl (C=O) groups excluding carboxylic acids is 1. The lowest BCUT2D eigenvalue weighted by Gasteiger charge is -2.25. The highest BCUT2D eigenvalue weighted by Crippen LogP contribution is 1.96. The molecule has 0 fully saturated rings. The van der Waals surface area contributed by atoms with Gasteiger partial charge in [-0.25, -0.2) is 4.79 Å². The summed E-state index contributed by atoms with van der Waals surface area (Å²) >= 11 is 0. The molecule has 0 radical (unpaired) electrons. The van der Waals surface area contributed by atoms with Crippen molar-refractivity contribution in [2.45, 2.75) is 0 Å². The summed E-state index contributed by atoms with van der Waals surface area (Å²) in [6.07, 6.45) is 1.43. The highest BCUT2D eigenvalue weighted by Gasteiger charge is 2.17. The average molecular weight is 190 g/mol. The van der Waals surface area contributed by atoms with Gasteiger partial charge in [-0.3, -0.25) is 9.80 Å². The van der Waals surface area contributed by atoms with Crippen molar-refractivity contribution in [1.29, 1.82) is 0 Å². The standard InChI is InChI=1S/C7H14N2O4/c1-2-3-8(4-10)7(13)9(5-11)6-12/h2,10-12H,1,3-6H2. The molecule has 13 heavy (non-hydrogen) atoms. The van der Waals surface area contributed by atoms with Crippen molar-refractivity contribution in [3.8, 4) is 0 Å². The molecule has 76 valence electrons. The van der Waals surface area contributed by atoms with Gasteiger partial charge in [0.1, 0.15) is 20.2 Å². The van der Waals surface area contributed by atoms with Crippen molar-refractivity contribution in [1.82, 2.24) is 9.80 Å². The second kappa shape index (κ2) is 6.41. The summed E-state index contributed by atoms with van der Waals surface area (Å²) in [5.41, 5.74) is 0. The molecule has 0 saturated heterocycles. The number of hydrogen-bond donors (Lipinski definition) is 3. The summed E-state index contributed by atoms with van der Waals surface area (Å²) in [5.74, 6) is 0. The first kappa shape index (κ1) is 11.9. The van der Waals surface area contributed by atoms with Crippen molar-refractivity contribution in [3.05, 3.63) is 12.7 Å². The zero-order valence-corrected chi connectivity index (χ0v) is 7.26. The molecule has 6 nitrogen and oxygen atoms in total. The molecule has 0 aromatic rings. The van der Waals surface area contributed by atoms with Crippen LogP contribution in [-0.4, -0.2) is 57.9 Å². The zero-order valence-electron chi connectivity index (χ0n) is 7.26. The topological polar surface area (TPSA) is 84.2 Å². The van der Waals surface area contributed by atoms with Crippen LogP contribution in [0.3, 0.4) is 0 Å². The highest BCUT2D eigenvalue weighted by atomic mass is 16.3. The Morgan fingerprint density at radius 1 is 1.15 bits per heavy atom. The molecule has 0 aliphatic heterocycles. The van der Waals surface area contributed by atoms with Crippen LogP contribution in [0.15, 0.2) is 12.7 Å². The van der Waals surface area contributed by atoms with E-state index >= 15 is 0 Å². The van der Waals surface area contributed by atoms with Crippen LogP contribution in [0.5, 0.6) is 0 Å². The van der Waals surface area contributed by atoms with Gasteiger partial charge in [-0.2, -0.15) is 0 Å². The molecule has 0 spiro atoms. The summed E-state index contributed by atoms with van der Waals surface area (Å²) in [4.78, 5) is 13.0. The Morgan fingerprint density at radius 3 is 1.92 bits per heavy atom. The summed E-state index contributed by atoms with van der Waals surface area (Å²) in [6, 6.07) is -0.646. The molecule has 2 amide bonds. The van der Waals surface area contributed by atoms with E-state index in [1.807, 2.05) is 0 Å². The van der Waals surface area contributed by atoms with Crippen molar-refractivity contribution in [2.24, 2.45) is 0 Å². The fourth-order valence-electron chi connectivity index (χ4n) is 0.718. The molecular formula is C7H14N2O4. The van der Waals surface area contributed by atoms with Crippen LogP contribution >= 0.6 is 0 Å². The van der Waals surface area contributed by atoms with E-state index in [0.29, 0.717) is 0 Å². The molecule has 0 saturated carbocycles. The average Bonchev–Trinajstić information content (AvgIpc) is 2.15. The van der Waals surface area contributed by atoms with Crippen LogP contribution in [0.1, 0.15) is 0 Å². The molecule has 0 atom stereocenters. The monoisotopic (exact) mass is 190 g/mol. The van der Waals surface area contributed by atoms with Crippen molar-refractivity contribution < 1.29 is 20.1 Å². The second-order valence-corrected chi connectivity index (χ2v) is 2.26.